The molecule has 0 amide bonds. The van der Waals surface area contributed by atoms with Crippen LogP contribution in [0.4, 0.5) is 0 Å². The van der Waals surface area contributed by atoms with Crippen LogP contribution in [0.5, 0.6) is 23.0 Å². The molecule has 51 heavy (non-hydrogen) atoms. The van der Waals surface area contributed by atoms with Crippen LogP contribution >= 0.6 is 0 Å². The molecule has 7 aromatic carbocycles. The standard InChI is InChI=1S/C47H32N2O2/c1-47(2)37-20-9-8-17-36(37)43-38(47)26-27-42-45(43)51-44-34(18-11-21-41(44)50-42)30-22-24-32(25-23-30)40-28-39(31-13-4-3-5-14-31)48-46(49-40)35-19-10-15-29-12-6-7-16-33(29)35/h3-28H,1-2H3. The second-order valence-corrected chi connectivity index (χ2v) is 13.8. The smallest absolute Gasteiger partial charge is 0.178 e. The van der Waals surface area contributed by atoms with Gasteiger partial charge in [-0.1, -0.05) is 153 Å². The van der Waals surface area contributed by atoms with Gasteiger partial charge in [0.25, 0.3) is 0 Å². The molecule has 4 heteroatoms. The molecule has 10 rings (SSSR count). The summed E-state index contributed by atoms with van der Waals surface area (Å²) in [7, 11) is 0. The molecule has 0 N–H and O–H groups in total. The maximum atomic E-state index is 6.89. The van der Waals surface area contributed by atoms with Crippen molar-refractivity contribution in [2.45, 2.75) is 19.3 Å². The first kappa shape index (κ1) is 29.4. The van der Waals surface area contributed by atoms with E-state index < -0.39 is 0 Å². The molecule has 0 spiro atoms. The average molecular weight is 657 g/mol. The third-order valence-electron chi connectivity index (χ3n) is 10.4. The van der Waals surface area contributed by atoms with Gasteiger partial charge in [0.2, 0.25) is 0 Å². The first-order valence-electron chi connectivity index (χ1n) is 17.3. The van der Waals surface area contributed by atoms with E-state index in [0.717, 1.165) is 72.8 Å². The van der Waals surface area contributed by atoms with Crippen LogP contribution in [0.15, 0.2) is 158 Å². The van der Waals surface area contributed by atoms with E-state index in [2.05, 4.69) is 135 Å². The van der Waals surface area contributed by atoms with Gasteiger partial charge in [-0.05, 0) is 51.2 Å². The zero-order valence-corrected chi connectivity index (χ0v) is 28.2. The normalized spacial score (nSPS) is 13.4. The van der Waals surface area contributed by atoms with Crippen molar-refractivity contribution >= 4 is 10.8 Å². The lowest BCUT2D eigenvalue weighted by atomic mass is 9.82. The SMILES string of the molecule is CC1(C)c2ccccc2-c2c1ccc1c2Oc2c(cccc2-c2ccc(-c3cc(-c4ccccc4)nc(-c4cccc5ccccc45)n3)cc2)O1. The number of benzene rings is 7. The third-order valence-corrected chi connectivity index (χ3v) is 10.4. The van der Waals surface area contributed by atoms with Crippen LogP contribution in [0.3, 0.4) is 0 Å². The molecular weight excluding hydrogens is 625 g/mol. The fraction of sp³-hybridized carbons (Fsp3) is 0.0638. The van der Waals surface area contributed by atoms with Gasteiger partial charge in [0.1, 0.15) is 0 Å². The van der Waals surface area contributed by atoms with Crippen molar-refractivity contribution in [1.29, 1.82) is 0 Å². The Bertz CT molecular complexity index is 2660. The minimum absolute atomic E-state index is 0.130. The van der Waals surface area contributed by atoms with Crippen molar-refractivity contribution in [1.82, 2.24) is 9.97 Å². The Kier molecular flexibility index (Phi) is 6.49. The first-order chi connectivity index (χ1) is 25.0. The number of rotatable bonds is 4. The zero-order chi connectivity index (χ0) is 34.1. The van der Waals surface area contributed by atoms with Gasteiger partial charge in [-0.3, -0.25) is 0 Å². The number of para-hydroxylation sites is 1. The molecule has 0 fully saturated rings. The molecule has 4 nitrogen and oxygen atoms in total. The van der Waals surface area contributed by atoms with Crippen molar-refractivity contribution < 1.29 is 9.47 Å². The Balaban J connectivity index is 1.06. The van der Waals surface area contributed by atoms with E-state index in [4.69, 9.17) is 19.4 Å². The van der Waals surface area contributed by atoms with Gasteiger partial charge in [-0.2, -0.15) is 0 Å². The Labute approximate surface area is 296 Å². The molecular formula is C47H32N2O2. The molecule has 0 saturated carbocycles. The van der Waals surface area contributed by atoms with E-state index in [-0.39, 0.29) is 5.41 Å². The maximum Gasteiger partial charge on any atom is 0.178 e. The Hall–Kier alpha value is -6.52. The van der Waals surface area contributed by atoms with Crippen molar-refractivity contribution in [2.24, 2.45) is 0 Å². The minimum atomic E-state index is -0.130. The topological polar surface area (TPSA) is 44.2 Å². The quantitative estimate of drug-likeness (QED) is 0.189. The lowest BCUT2D eigenvalue weighted by Crippen LogP contribution is -2.15. The summed E-state index contributed by atoms with van der Waals surface area (Å²) in [5.41, 5.74) is 11.5. The van der Waals surface area contributed by atoms with E-state index >= 15 is 0 Å². The van der Waals surface area contributed by atoms with Crippen molar-refractivity contribution in [3.8, 4) is 79.2 Å². The van der Waals surface area contributed by atoms with E-state index in [1.165, 1.54) is 16.7 Å². The van der Waals surface area contributed by atoms with E-state index in [1.807, 2.05) is 36.4 Å². The summed E-state index contributed by atoms with van der Waals surface area (Å²) in [4.78, 5) is 10.2. The maximum absolute atomic E-state index is 6.89. The molecule has 0 unspecified atom stereocenters. The monoisotopic (exact) mass is 656 g/mol. The molecule has 0 saturated heterocycles. The molecule has 1 aromatic heterocycles. The predicted molar refractivity (Wildman–Crippen MR) is 205 cm³/mol. The number of nitrogens with zero attached hydrogens (tertiary/aromatic N) is 2. The van der Waals surface area contributed by atoms with Crippen molar-refractivity contribution in [3.63, 3.8) is 0 Å². The summed E-state index contributed by atoms with van der Waals surface area (Å²) in [6, 6.07) is 54.6. The van der Waals surface area contributed by atoms with E-state index in [1.54, 1.807) is 0 Å². The molecule has 2 heterocycles. The number of fused-ring (bicyclic) bond motifs is 7. The molecule has 2 aliphatic rings. The fourth-order valence-electron chi connectivity index (χ4n) is 7.79. The van der Waals surface area contributed by atoms with Crippen LogP contribution in [-0.4, -0.2) is 9.97 Å². The van der Waals surface area contributed by atoms with Gasteiger partial charge in [0.15, 0.2) is 28.8 Å². The van der Waals surface area contributed by atoms with Gasteiger partial charge in [-0.15, -0.1) is 0 Å². The van der Waals surface area contributed by atoms with Crippen LogP contribution in [0.1, 0.15) is 25.0 Å². The van der Waals surface area contributed by atoms with Crippen LogP contribution in [-0.2, 0) is 5.41 Å². The van der Waals surface area contributed by atoms with Crippen LogP contribution < -0.4 is 9.47 Å². The number of ether oxygens (including phenoxy) is 2. The van der Waals surface area contributed by atoms with Gasteiger partial charge in [-0.25, -0.2) is 9.97 Å². The molecule has 8 aromatic rings. The van der Waals surface area contributed by atoms with Crippen LogP contribution in [0, 0.1) is 0 Å². The highest BCUT2D eigenvalue weighted by atomic mass is 16.6. The molecule has 0 bridgehead atoms. The van der Waals surface area contributed by atoms with Crippen molar-refractivity contribution in [2.75, 3.05) is 0 Å². The second-order valence-electron chi connectivity index (χ2n) is 13.8. The molecule has 0 radical (unpaired) electrons. The predicted octanol–water partition coefficient (Wildman–Crippen LogP) is 12.5. The zero-order valence-electron chi connectivity index (χ0n) is 28.2. The number of hydrogen-bond donors (Lipinski definition) is 0. The summed E-state index contributed by atoms with van der Waals surface area (Å²) >= 11 is 0. The van der Waals surface area contributed by atoms with Gasteiger partial charge in [0.05, 0.1) is 11.4 Å². The van der Waals surface area contributed by atoms with Crippen LogP contribution in [0.25, 0.3) is 66.9 Å². The number of aromatic nitrogens is 2. The van der Waals surface area contributed by atoms with E-state index in [0.29, 0.717) is 11.6 Å². The lowest BCUT2D eigenvalue weighted by Gasteiger charge is -2.26. The fourth-order valence-corrected chi connectivity index (χ4v) is 7.79. The van der Waals surface area contributed by atoms with Gasteiger partial charge in [0, 0.05) is 33.2 Å². The average Bonchev–Trinajstić information content (AvgIpc) is 3.43. The van der Waals surface area contributed by atoms with Gasteiger partial charge < -0.3 is 9.47 Å². The summed E-state index contributed by atoms with van der Waals surface area (Å²) in [5.74, 6) is 3.64. The second kappa shape index (κ2) is 11.3. The highest BCUT2D eigenvalue weighted by molar-refractivity contribution is 5.95. The third kappa shape index (κ3) is 4.68. The van der Waals surface area contributed by atoms with Crippen LogP contribution in [0.2, 0.25) is 0 Å². The molecule has 0 atom stereocenters. The molecule has 1 aliphatic carbocycles. The molecule has 1 aliphatic heterocycles. The van der Waals surface area contributed by atoms with E-state index in [9.17, 15) is 0 Å². The summed E-state index contributed by atoms with van der Waals surface area (Å²) < 4.78 is 13.4. The Morgan fingerprint density at radius 1 is 0.451 bits per heavy atom. The highest BCUT2D eigenvalue weighted by Gasteiger charge is 2.39. The highest BCUT2D eigenvalue weighted by Crippen LogP contribution is 2.59. The Morgan fingerprint density at radius 2 is 1.08 bits per heavy atom. The molecule has 242 valence electrons. The first-order valence-corrected chi connectivity index (χ1v) is 17.3. The Morgan fingerprint density at radius 3 is 1.92 bits per heavy atom. The summed E-state index contributed by atoms with van der Waals surface area (Å²) in [6.45, 7) is 4.56. The van der Waals surface area contributed by atoms with Crippen molar-refractivity contribution in [3.05, 3.63) is 169 Å². The van der Waals surface area contributed by atoms with Gasteiger partial charge >= 0.3 is 0 Å². The lowest BCUT2D eigenvalue weighted by molar-refractivity contribution is 0.361. The summed E-state index contributed by atoms with van der Waals surface area (Å²) in [6.07, 6.45) is 0. The largest absolute Gasteiger partial charge is 0.449 e. The minimum Gasteiger partial charge on any atom is -0.449 e. The number of hydrogen-bond acceptors (Lipinski definition) is 4. The summed E-state index contributed by atoms with van der Waals surface area (Å²) in [5, 5.41) is 2.29.